The van der Waals surface area contributed by atoms with Crippen LogP contribution in [-0.2, 0) is 14.8 Å². The molecule has 1 aliphatic heterocycles. The summed E-state index contributed by atoms with van der Waals surface area (Å²) in [4.78, 5) is 13.2. The number of rotatable bonds is 5. The molecule has 156 valence electrons. The van der Waals surface area contributed by atoms with Gasteiger partial charge in [0, 0.05) is 13.1 Å². The predicted molar refractivity (Wildman–Crippen MR) is 114 cm³/mol. The molecular weight excluding hydrogens is 388 g/mol. The maximum Gasteiger partial charge on any atom is 0.243 e. The van der Waals surface area contributed by atoms with Crippen molar-refractivity contribution in [1.29, 1.82) is 0 Å². The van der Waals surface area contributed by atoms with Crippen LogP contribution in [0.15, 0.2) is 41.3 Å². The van der Waals surface area contributed by atoms with E-state index in [1.807, 2.05) is 44.2 Å². The summed E-state index contributed by atoms with van der Waals surface area (Å²) < 4.78 is 33.2. The third-order valence-corrected chi connectivity index (χ3v) is 7.34. The van der Waals surface area contributed by atoms with Crippen LogP contribution >= 0.6 is 0 Å². The summed E-state index contributed by atoms with van der Waals surface area (Å²) in [5.74, 6) is -0.0109. The minimum absolute atomic E-state index is 0.176. The highest BCUT2D eigenvalue weighted by atomic mass is 32.2. The summed E-state index contributed by atoms with van der Waals surface area (Å²) in [7, 11) is -2.09. The molecule has 2 aromatic rings. The van der Waals surface area contributed by atoms with Crippen LogP contribution in [0.1, 0.15) is 29.5 Å². The first-order chi connectivity index (χ1) is 13.7. The summed E-state index contributed by atoms with van der Waals surface area (Å²) in [6.07, 6.45) is 1.30. The second-order valence-corrected chi connectivity index (χ2v) is 9.57. The molecule has 1 N–H and O–H groups in total. The highest BCUT2D eigenvalue weighted by Gasteiger charge is 2.34. The van der Waals surface area contributed by atoms with Gasteiger partial charge < -0.3 is 10.1 Å². The molecule has 0 radical (unpaired) electrons. The van der Waals surface area contributed by atoms with Crippen molar-refractivity contribution in [2.24, 2.45) is 5.92 Å². The Bertz CT molecular complexity index is 1020. The fourth-order valence-corrected chi connectivity index (χ4v) is 5.49. The summed E-state index contributed by atoms with van der Waals surface area (Å²) in [5.41, 5.74) is 3.22. The van der Waals surface area contributed by atoms with Crippen LogP contribution in [-0.4, -0.2) is 38.8 Å². The zero-order valence-corrected chi connectivity index (χ0v) is 18.2. The van der Waals surface area contributed by atoms with Crippen LogP contribution in [0.4, 0.5) is 5.69 Å². The monoisotopic (exact) mass is 416 g/mol. The number of ether oxygens (including phenoxy) is 1. The molecule has 0 spiro atoms. The van der Waals surface area contributed by atoms with E-state index < -0.39 is 15.9 Å². The third-order valence-electron chi connectivity index (χ3n) is 5.33. The Labute approximate surface area is 172 Å². The van der Waals surface area contributed by atoms with E-state index in [2.05, 4.69) is 5.32 Å². The molecule has 1 unspecified atom stereocenters. The van der Waals surface area contributed by atoms with Gasteiger partial charge in [-0.3, -0.25) is 4.79 Å². The van der Waals surface area contributed by atoms with Crippen LogP contribution in [0, 0.1) is 26.7 Å². The molecule has 0 aromatic heterocycles. The number of nitrogens with zero attached hydrogens (tertiary/aromatic N) is 1. The first-order valence-electron chi connectivity index (χ1n) is 9.75. The van der Waals surface area contributed by atoms with Crippen molar-refractivity contribution in [1.82, 2.24) is 4.31 Å². The number of carbonyl (C=O) groups excluding carboxylic acids is 1. The number of piperidine rings is 1. The Hall–Kier alpha value is -2.38. The first-order valence-corrected chi connectivity index (χ1v) is 11.2. The van der Waals surface area contributed by atoms with E-state index in [9.17, 15) is 13.2 Å². The molecule has 1 aliphatic rings. The number of hydrogen-bond donors (Lipinski definition) is 1. The molecule has 1 fully saturated rings. The Kier molecular flexibility index (Phi) is 6.29. The lowest BCUT2D eigenvalue weighted by Crippen LogP contribution is -2.43. The molecule has 29 heavy (non-hydrogen) atoms. The predicted octanol–water partition coefficient (Wildman–Crippen LogP) is 3.66. The first kappa shape index (κ1) is 21.3. The standard InChI is InChI=1S/C22H28N2O4S/c1-15-8-10-20(28-4)19(12-15)23-22(25)18-6-5-11-24(14-18)29(26,27)21-13-16(2)7-9-17(21)3/h7-10,12-13,18H,5-6,11,14H2,1-4H3,(H,23,25). The van der Waals surface area contributed by atoms with Crippen molar-refractivity contribution in [3.8, 4) is 5.75 Å². The Morgan fingerprint density at radius 1 is 1.10 bits per heavy atom. The van der Waals surface area contributed by atoms with E-state index in [4.69, 9.17) is 4.74 Å². The SMILES string of the molecule is COc1ccc(C)cc1NC(=O)C1CCCN(S(=O)(=O)c2cc(C)ccc2C)C1. The van der Waals surface area contributed by atoms with Gasteiger partial charge in [-0.1, -0.05) is 18.2 Å². The smallest absolute Gasteiger partial charge is 0.243 e. The van der Waals surface area contributed by atoms with E-state index in [0.717, 1.165) is 11.1 Å². The zero-order chi connectivity index (χ0) is 21.2. The molecule has 1 heterocycles. The van der Waals surface area contributed by atoms with Crippen molar-refractivity contribution < 1.29 is 17.9 Å². The largest absolute Gasteiger partial charge is 0.495 e. The van der Waals surface area contributed by atoms with Gasteiger partial charge in [0.15, 0.2) is 0 Å². The molecular formula is C22H28N2O4S. The van der Waals surface area contributed by atoms with E-state index in [1.54, 1.807) is 20.1 Å². The van der Waals surface area contributed by atoms with Crippen LogP contribution in [0.25, 0.3) is 0 Å². The molecule has 1 amide bonds. The Morgan fingerprint density at radius 2 is 1.79 bits per heavy atom. The number of nitrogens with one attached hydrogen (secondary N) is 1. The molecule has 1 saturated heterocycles. The summed E-state index contributed by atoms with van der Waals surface area (Å²) in [5, 5.41) is 2.92. The van der Waals surface area contributed by atoms with Gasteiger partial charge in [0.05, 0.1) is 23.6 Å². The van der Waals surface area contributed by atoms with Crippen LogP contribution in [0.2, 0.25) is 0 Å². The molecule has 0 bridgehead atoms. The van der Waals surface area contributed by atoms with Crippen molar-refractivity contribution in [3.63, 3.8) is 0 Å². The highest BCUT2D eigenvalue weighted by molar-refractivity contribution is 7.89. The summed E-state index contributed by atoms with van der Waals surface area (Å²) in [6, 6.07) is 11.0. The molecule has 6 nitrogen and oxygen atoms in total. The number of benzene rings is 2. The normalized spacial score (nSPS) is 17.7. The average molecular weight is 417 g/mol. The maximum atomic E-state index is 13.2. The van der Waals surface area contributed by atoms with Crippen molar-refractivity contribution in [3.05, 3.63) is 53.1 Å². The second kappa shape index (κ2) is 8.55. The number of amides is 1. The fraction of sp³-hybridized carbons (Fsp3) is 0.409. The van der Waals surface area contributed by atoms with Gasteiger partial charge in [0.25, 0.3) is 0 Å². The summed E-state index contributed by atoms with van der Waals surface area (Å²) in [6.45, 7) is 6.21. The topological polar surface area (TPSA) is 75.7 Å². The van der Waals surface area contributed by atoms with E-state index >= 15 is 0 Å². The fourth-order valence-electron chi connectivity index (χ4n) is 3.65. The number of hydrogen-bond acceptors (Lipinski definition) is 4. The number of anilines is 1. The zero-order valence-electron chi connectivity index (χ0n) is 17.4. The van der Waals surface area contributed by atoms with Gasteiger partial charge in [-0.15, -0.1) is 0 Å². The van der Waals surface area contributed by atoms with Gasteiger partial charge in [-0.05, 0) is 68.5 Å². The van der Waals surface area contributed by atoms with E-state index in [1.165, 1.54) is 4.31 Å². The molecule has 3 rings (SSSR count). The third kappa shape index (κ3) is 4.62. The van der Waals surface area contributed by atoms with Gasteiger partial charge >= 0.3 is 0 Å². The minimum atomic E-state index is -3.65. The maximum absolute atomic E-state index is 13.2. The quantitative estimate of drug-likeness (QED) is 0.807. The average Bonchev–Trinajstić information content (AvgIpc) is 2.70. The molecule has 7 heteroatoms. The number of sulfonamides is 1. The second-order valence-electron chi connectivity index (χ2n) is 7.66. The van der Waals surface area contributed by atoms with Crippen molar-refractivity contribution >= 4 is 21.6 Å². The van der Waals surface area contributed by atoms with Crippen molar-refractivity contribution in [2.45, 2.75) is 38.5 Å². The highest BCUT2D eigenvalue weighted by Crippen LogP contribution is 2.29. The molecule has 0 saturated carbocycles. The van der Waals surface area contributed by atoms with E-state index in [0.29, 0.717) is 41.3 Å². The lowest BCUT2D eigenvalue weighted by Gasteiger charge is -2.31. The minimum Gasteiger partial charge on any atom is -0.495 e. The van der Waals surface area contributed by atoms with Gasteiger partial charge in [-0.2, -0.15) is 4.31 Å². The van der Waals surface area contributed by atoms with Crippen molar-refractivity contribution in [2.75, 3.05) is 25.5 Å². The molecule has 1 atom stereocenters. The molecule has 2 aromatic carbocycles. The number of methoxy groups -OCH3 is 1. The Balaban J connectivity index is 1.79. The molecule has 0 aliphatic carbocycles. The van der Waals surface area contributed by atoms with Gasteiger partial charge in [0.1, 0.15) is 5.75 Å². The van der Waals surface area contributed by atoms with E-state index in [-0.39, 0.29) is 12.5 Å². The van der Waals surface area contributed by atoms with Gasteiger partial charge in [-0.25, -0.2) is 8.42 Å². The lowest BCUT2D eigenvalue weighted by molar-refractivity contribution is -0.120. The lowest BCUT2D eigenvalue weighted by atomic mass is 9.98. The van der Waals surface area contributed by atoms with Crippen LogP contribution < -0.4 is 10.1 Å². The number of aryl methyl sites for hydroxylation is 3. The van der Waals surface area contributed by atoms with Crippen LogP contribution in [0.5, 0.6) is 5.75 Å². The Morgan fingerprint density at radius 3 is 2.52 bits per heavy atom. The number of carbonyl (C=O) groups is 1. The van der Waals surface area contributed by atoms with Gasteiger partial charge in [0.2, 0.25) is 15.9 Å². The summed E-state index contributed by atoms with van der Waals surface area (Å²) >= 11 is 0. The van der Waals surface area contributed by atoms with Crippen LogP contribution in [0.3, 0.4) is 0 Å².